The van der Waals surface area contributed by atoms with Gasteiger partial charge in [0.1, 0.15) is 18.4 Å². The fourth-order valence-corrected chi connectivity index (χ4v) is 3.86. The molecule has 172 valence electrons. The maximum absolute atomic E-state index is 13.6. The van der Waals surface area contributed by atoms with Gasteiger partial charge in [-0.15, -0.1) is 0 Å². The van der Waals surface area contributed by atoms with Crippen molar-refractivity contribution in [3.05, 3.63) is 96.0 Å². The number of halogens is 1. The van der Waals surface area contributed by atoms with Crippen LogP contribution in [0.2, 0.25) is 5.02 Å². The van der Waals surface area contributed by atoms with E-state index in [2.05, 4.69) is 17.2 Å². The van der Waals surface area contributed by atoms with E-state index in [0.717, 1.165) is 0 Å². The van der Waals surface area contributed by atoms with Gasteiger partial charge in [-0.3, -0.25) is 19.3 Å². The van der Waals surface area contributed by atoms with Crippen LogP contribution < -0.4 is 20.3 Å². The van der Waals surface area contributed by atoms with Gasteiger partial charge in [-0.1, -0.05) is 42.5 Å². The first kappa shape index (κ1) is 23.1. The molecule has 0 spiro atoms. The monoisotopic (exact) mass is 475 g/mol. The highest BCUT2D eigenvalue weighted by atomic mass is 35.5. The van der Waals surface area contributed by atoms with E-state index in [-0.39, 0.29) is 6.42 Å². The van der Waals surface area contributed by atoms with Crippen LogP contribution in [0.5, 0.6) is 5.75 Å². The molecule has 3 aromatic rings. The molecule has 0 saturated carbocycles. The van der Waals surface area contributed by atoms with Crippen LogP contribution in [-0.2, 0) is 9.59 Å². The van der Waals surface area contributed by atoms with Crippen molar-refractivity contribution >= 4 is 46.4 Å². The number of benzene rings is 3. The van der Waals surface area contributed by atoms with Crippen LogP contribution in [0.1, 0.15) is 16.8 Å². The van der Waals surface area contributed by atoms with E-state index >= 15 is 0 Å². The van der Waals surface area contributed by atoms with Gasteiger partial charge in [0.05, 0.1) is 17.8 Å². The summed E-state index contributed by atoms with van der Waals surface area (Å²) in [5.74, 6) is -0.684. The topological polar surface area (TPSA) is 87.7 Å². The lowest BCUT2D eigenvalue weighted by molar-refractivity contribution is -0.122. The largest absolute Gasteiger partial charge is 0.490 e. The minimum absolute atomic E-state index is 0.237. The normalized spacial score (nSPS) is 14.6. The molecule has 0 aromatic heterocycles. The van der Waals surface area contributed by atoms with Gasteiger partial charge in [-0.25, -0.2) is 0 Å². The van der Waals surface area contributed by atoms with E-state index in [9.17, 15) is 14.4 Å². The van der Waals surface area contributed by atoms with Crippen LogP contribution >= 0.6 is 11.6 Å². The first-order valence-electron chi connectivity index (χ1n) is 10.6. The molecule has 1 aliphatic heterocycles. The Morgan fingerprint density at radius 3 is 2.59 bits per heavy atom. The molecule has 1 heterocycles. The van der Waals surface area contributed by atoms with Gasteiger partial charge in [0.15, 0.2) is 0 Å². The molecule has 34 heavy (non-hydrogen) atoms. The highest BCUT2D eigenvalue weighted by molar-refractivity contribution is 6.31. The minimum Gasteiger partial charge on any atom is -0.490 e. The number of nitrogens with zero attached hydrogens (tertiary/aromatic N) is 1. The Morgan fingerprint density at radius 2 is 1.85 bits per heavy atom. The third kappa shape index (κ3) is 5.10. The summed E-state index contributed by atoms with van der Waals surface area (Å²) in [4.78, 5) is 40.7. The summed E-state index contributed by atoms with van der Waals surface area (Å²) in [6, 6.07) is 19.2. The summed E-state index contributed by atoms with van der Waals surface area (Å²) < 4.78 is 5.48. The summed E-state index contributed by atoms with van der Waals surface area (Å²) in [6.45, 7) is 3.95. The second kappa shape index (κ2) is 10.2. The van der Waals surface area contributed by atoms with E-state index in [1.165, 1.54) is 4.90 Å². The number of nitrogens with one attached hydrogen (secondary N) is 2. The number of ether oxygens (including phenoxy) is 1. The van der Waals surface area contributed by atoms with Crippen LogP contribution in [0, 0.1) is 0 Å². The number of rotatable bonds is 7. The third-order valence-corrected chi connectivity index (χ3v) is 5.45. The number of carbonyl (C=O) groups is 3. The molecule has 0 aliphatic carbocycles. The Hall–Kier alpha value is -4.10. The fourth-order valence-electron chi connectivity index (χ4n) is 3.67. The molecular weight excluding hydrogens is 454 g/mol. The fraction of sp³-hybridized carbons (Fsp3) is 0.115. The molecule has 8 heteroatoms. The standard InChI is InChI=1S/C26H22ClN3O4/c1-2-14-34-20-12-10-17(11-13-20)26(33)30-22-9-4-3-8-21(22)29-25(32)23(30)16-24(31)28-19-7-5-6-18(27)15-19/h2-13,15,23H,1,14,16H2,(H,28,31)(H,29,32). The Balaban J connectivity index is 1.61. The molecule has 4 rings (SSSR count). The Kier molecular flexibility index (Phi) is 6.94. The molecule has 0 saturated heterocycles. The summed E-state index contributed by atoms with van der Waals surface area (Å²) >= 11 is 5.99. The summed E-state index contributed by atoms with van der Waals surface area (Å²) in [5.41, 5.74) is 1.87. The molecule has 1 aliphatic rings. The molecule has 2 N–H and O–H groups in total. The van der Waals surface area contributed by atoms with E-state index in [1.54, 1.807) is 78.9 Å². The first-order valence-corrected chi connectivity index (χ1v) is 11.0. The van der Waals surface area contributed by atoms with Crippen molar-refractivity contribution in [2.75, 3.05) is 22.1 Å². The molecule has 3 aromatic carbocycles. The van der Waals surface area contributed by atoms with Crippen LogP contribution in [0.25, 0.3) is 0 Å². The Morgan fingerprint density at radius 1 is 1.09 bits per heavy atom. The minimum atomic E-state index is -1.04. The second-order valence-electron chi connectivity index (χ2n) is 7.58. The summed E-state index contributed by atoms with van der Waals surface area (Å²) in [6.07, 6.45) is 1.39. The van der Waals surface area contributed by atoms with Crippen molar-refractivity contribution in [1.29, 1.82) is 0 Å². The lowest BCUT2D eigenvalue weighted by Gasteiger charge is -2.36. The van der Waals surface area contributed by atoms with Crippen LogP contribution in [0.3, 0.4) is 0 Å². The molecular formula is C26H22ClN3O4. The average molecular weight is 476 g/mol. The van der Waals surface area contributed by atoms with Gasteiger partial charge in [0.25, 0.3) is 5.91 Å². The van der Waals surface area contributed by atoms with Gasteiger partial charge in [-0.2, -0.15) is 0 Å². The number of para-hydroxylation sites is 2. The number of hydrogen-bond donors (Lipinski definition) is 2. The van der Waals surface area contributed by atoms with Crippen molar-refractivity contribution < 1.29 is 19.1 Å². The smallest absolute Gasteiger partial charge is 0.259 e. The van der Waals surface area contributed by atoms with E-state index in [0.29, 0.717) is 40.0 Å². The highest BCUT2D eigenvalue weighted by Crippen LogP contribution is 2.34. The molecule has 7 nitrogen and oxygen atoms in total. The lowest BCUT2D eigenvalue weighted by Crippen LogP contribution is -2.52. The molecule has 1 unspecified atom stereocenters. The van der Waals surface area contributed by atoms with Crippen molar-refractivity contribution in [2.45, 2.75) is 12.5 Å². The van der Waals surface area contributed by atoms with Gasteiger partial charge in [0.2, 0.25) is 11.8 Å². The molecule has 3 amide bonds. The average Bonchev–Trinajstić information content (AvgIpc) is 2.83. The highest BCUT2D eigenvalue weighted by Gasteiger charge is 2.38. The van der Waals surface area contributed by atoms with Crippen LogP contribution in [0.15, 0.2) is 85.5 Å². The second-order valence-corrected chi connectivity index (χ2v) is 8.02. The molecule has 0 radical (unpaired) electrons. The zero-order valence-corrected chi connectivity index (χ0v) is 18.9. The Labute approximate surface area is 202 Å². The van der Waals surface area contributed by atoms with Gasteiger partial charge in [-0.05, 0) is 54.6 Å². The molecule has 1 atom stereocenters. The maximum atomic E-state index is 13.6. The van der Waals surface area contributed by atoms with Gasteiger partial charge in [0, 0.05) is 16.3 Å². The van der Waals surface area contributed by atoms with Crippen molar-refractivity contribution in [2.24, 2.45) is 0 Å². The first-order chi connectivity index (χ1) is 16.5. The maximum Gasteiger partial charge on any atom is 0.259 e. The van der Waals surface area contributed by atoms with Crippen molar-refractivity contribution in [3.63, 3.8) is 0 Å². The zero-order chi connectivity index (χ0) is 24.1. The van der Waals surface area contributed by atoms with Crippen LogP contribution in [0.4, 0.5) is 17.1 Å². The number of anilines is 3. The number of amides is 3. The molecule has 0 bridgehead atoms. The zero-order valence-electron chi connectivity index (χ0n) is 18.2. The van der Waals surface area contributed by atoms with Gasteiger partial charge < -0.3 is 15.4 Å². The van der Waals surface area contributed by atoms with Gasteiger partial charge >= 0.3 is 0 Å². The quantitative estimate of drug-likeness (QED) is 0.476. The number of carbonyl (C=O) groups excluding carboxylic acids is 3. The molecule has 0 fully saturated rings. The predicted octanol–water partition coefficient (Wildman–Crippen LogP) is 4.90. The van der Waals surface area contributed by atoms with E-state index in [1.807, 2.05) is 0 Å². The SMILES string of the molecule is C=CCOc1ccc(C(=O)N2c3ccccc3NC(=O)C2CC(=O)Nc2cccc(Cl)c2)cc1. The van der Waals surface area contributed by atoms with Crippen molar-refractivity contribution in [3.8, 4) is 5.75 Å². The van der Waals surface area contributed by atoms with Crippen LogP contribution in [-0.4, -0.2) is 30.4 Å². The lowest BCUT2D eigenvalue weighted by atomic mass is 10.0. The Bertz CT molecular complexity index is 1240. The third-order valence-electron chi connectivity index (χ3n) is 5.21. The van der Waals surface area contributed by atoms with E-state index < -0.39 is 23.8 Å². The van der Waals surface area contributed by atoms with E-state index in [4.69, 9.17) is 16.3 Å². The number of hydrogen-bond acceptors (Lipinski definition) is 4. The summed E-state index contributed by atoms with van der Waals surface area (Å²) in [5, 5.41) is 6.00. The predicted molar refractivity (Wildman–Crippen MR) is 133 cm³/mol. The number of fused-ring (bicyclic) bond motifs is 1. The summed E-state index contributed by atoms with van der Waals surface area (Å²) in [7, 11) is 0. The van der Waals surface area contributed by atoms with Crippen molar-refractivity contribution in [1.82, 2.24) is 0 Å².